The highest BCUT2D eigenvalue weighted by Crippen LogP contribution is 2.24. The molecule has 106 valence electrons. The number of rotatable bonds is 2. The Morgan fingerprint density at radius 3 is 2.52 bits per heavy atom. The van der Waals surface area contributed by atoms with E-state index in [9.17, 15) is 9.90 Å². The van der Waals surface area contributed by atoms with E-state index in [1.54, 1.807) is 18.2 Å². The molecule has 0 bridgehead atoms. The standard InChI is InChI=1S/C17H16N2O2/c1-10-4-6-15(11(2)8-10)19-12(3)18-14-9-13(17(20)21)5-7-16(14)19/h4-9H,1-3H3,(H,20,21)/p-1. The van der Waals surface area contributed by atoms with Crippen molar-refractivity contribution in [2.24, 2.45) is 0 Å². The Morgan fingerprint density at radius 2 is 1.86 bits per heavy atom. The maximum absolute atomic E-state index is 11.0. The zero-order chi connectivity index (χ0) is 15.1. The molecule has 0 saturated heterocycles. The molecule has 0 aliphatic rings. The van der Waals surface area contributed by atoms with E-state index in [1.165, 1.54) is 5.56 Å². The van der Waals surface area contributed by atoms with Crippen molar-refractivity contribution in [2.75, 3.05) is 0 Å². The van der Waals surface area contributed by atoms with E-state index in [4.69, 9.17) is 0 Å². The number of hydrogen-bond acceptors (Lipinski definition) is 3. The smallest absolute Gasteiger partial charge is 0.111 e. The Kier molecular flexibility index (Phi) is 3.01. The molecule has 0 fully saturated rings. The molecule has 0 amide bonds. The van der Waals surface area contributed by atoms with E-state index in [1.807, 2.05) is 11.5 Å². The summed E-state index contributed by atoms with van der Waals surface area (Å²) in [5.41, 5.74) is 5.12. The van der Waals surface area contributed by atoms with Gasteiger partial charge >= 0.3 is 0 Å². The Labute approximate surface area is 122 Å². The second-order valence-electron chi connectivity index (χ2n) is 5.28. The fourth-order valence-electron chi connectivity index (χ4n) is 2.69. The topological polar surface area (TPSA) is 58.0 Å². The SMILES string of the molecule is Cc1ccc(-n2c(C)nc3cc(C(=O)[O-])ccc32)c(C)c1. The van der Waals surface area contributed by atoms with Gasteiger partial charge in [0.2, 0.25) is 0 Å². The van der Waals surface area contributed by atoms with Crippen LogP contribution in [-0.4, -0.2) is 15.5 Å². The van der Waals surface area contributed by atoms with Gasteiger partial charge in [0.25, 0.3) is 0 Å². The molecule has 1 heterocycles. The van der Waals surface area contributed by atoms with Crippen molar-refractivity contribution in [3.8, 4) is 5.69 Å². The van der Waals surface area contributed by atoms with Crippen LogP contribution in [0.1, 0.15) is 27.3 Å². The average Bonchev–Trinajstić information content (AvgIpc) is 2.74. The Morgan fingerprint density at radius 1 is 1.10 bits per heavy atom. The first kappa shape index (κ1) is 13.4. The minimum Gasteiger partial charge on any atom is -0.545 e. The largest absolute Gasteiger partial charge is 0.545 e. The molecule has 4 heteroatoms. The van der Waals surface area contributed by atoms with Gasteiger partial charge in [0.15, 0.2) is 0 Å². The van der Waals surface area contributed by atoms with E-state index in [2.05, 4.69) is 37.0 Å². The highest BCUT2D eigenvalue weighted by molar-refractivity contribution is 5.91. The lowest BCUT2D eigenvalue weighted by molar-refractivity contribution is -0.255. The van der Waals surface area contributed by atoms with Crippen molar-refractivity contribution in [1.82, 2.24) is 9.55 Å². The number of fused-ring (bicyclic) bond motifs is 1. The molecule has 4 nitrogen and oxygen atoms in total. The summed E-state index contributed by atoms with van der Waals surface area (Å²) in [6, 6.07) is 11.1. The molecule has 1 aromatic heterocycles. The summed E-state index contributed by atoms with van der Waals surface area (Å²) in [6.45, 7) is 6.03. The van der Waals surface area contributed by atoms with Crippen LogP contribution < -0.4 is 5.11 Å². The maximum Gasteiger partial charge on any atom is 0.111 e. The molecule has 0 saturated carbocycles. The quantitative estimate of drug-likeness (QED) is 0.723. The van der Waals surface area contributed by atoms with E-state index in [0.717, 1.165) is 22.6 Å². The van der Waals surface area contributed by atoms with Gasteiger partial charge in [-0.3, -0.25) is 4.57 Å². The van der Waals surface area contributed by atoms with Gasteiger partial charge in [-0.15, -0.1) is 0 Å². The molecule has 21 heavy (non-hydrogen) atoms. The lowest BCUT2D eigenvalue weighted by Crippen LogP contribution is -2.21. The van der Waals surface area contributed by atoms with Crippen LogP contribution in [0.15, 0.2) is 36.4 Å². The summed E-state index contributed by atoms with van der Waals surface area (Å²) in [6.07, 6.45) is 0. The van der Waals surface area contributed by atoms with Crippen molar-refractivity contribution in [1.29, 1.82) is 0 Å². The van der Waals surface area contributed by atoms with Gasteiger partial charge in [0, 0.05) is 0 Å². The van der Waals surface area contributed by atoms with Crippen molar-refractivity contribution < 1.29 is 9.90 Å². The van der Waals surface area contributed by atoms with Gasteiger partial charge in [0.1, 0.15) is 5.82 Å². The van der Waals surface area contributed by atoms with E-state index in [0.29, 0.717) is 5.52 Å². The number of imidazole rings is 1. The van der Waals surface area contributed by atoms with Crippen LogP contribution in [0.3, 0.4) is 0 Å². The van der Waals surface area contributed by atoms with Crippen molar-refractivity contribution in [3.63, 3.8) is 0 Å². The maximum atomic E-state index is 11.0. The molecule has 0 aliphatic carbocycles. The fraction of sp³-hybridized carbons (Fsp3) is 0.176. The number of carbonyl (C=O) groups excluding carboxylic acids is 1. The lowest BCUT2D eigenvalue weighted by Gasteiger charge is -2.11. The second-order valence-corrected chi connectivity index (χ2v) is 5.28. The molecule has 0 atom stereocenters. The van der Waals surface area contributed by atoms with Crippen molar-refractivity contribution in [3.05, 3.63) is 58.9 Å². The second kappa shape index (κ2) is 4.74. The molecule has 0 spiro atoms. The van der Waals surface area contributed by atoms with Crippen molar-refractivity contribution >= 4 is 17.0 Å². The summed E-state index contributed by atoms with van der Waals surface area (Å²) in [4.78, 5) is 15.4. The summed E-state index contributed by atoms with van der Waals surface area (Å²) >= 11 is 0. The van der Waals surface area contributed by atoms with Gasteiger partial charge < -0.3 is 9.90 Å². The minimum absolute atomic E-state index is 0.146. The third kappa shape index (κ3) is 2.18. The van der Waals surface area contributed by atoms with Crippen LogP contribution in [0.25, 0.3) is 16.7 Å². The highest BCUT2D eigenvalue weighted by atomic mass is 16.4. The minimum atomic E-state index is -1.18. The highest BCUT2D eigenvalue weighted by Gasteiger charge is 2.11. The van der Waals surface area contributed by atoms with Crippen molar-refractivity contribution in [2.45, 2.75) is 20.8 Å². The van der Waals surface area contributed by atoms with Gasteiger partial charge in [-0.05, 0) is 50.1 Å². The third-order valence-corrected chi connectivity index (χ3v) is 3.65. The first-order valence-electron chi connectivity index (χ1n) is 6.75. The van der Waals surface area contributed by atoms with Crippen LogP contribution >= 0.6 is 0 Å². The first-order valence-corrected chi connectivity index (χ1v) is 6.75. The van der Waals surface area contributed by atoms with Crippen LogP contribution in [0.5, 0.6) is 0 Å². The predicted octanol–water partition coefficient (Wildman–Crippen LogP) is 2.31. The van der Waals surface area contributed by atoms with Gasteiger partial charge in [-0.25, -0.2) is 4.98 Å². The van der Waals surface area contributed by atoms with E-state index < -0.39 is 5.97 Å². The molecule has 0 aliphatic heterocycles. The monoisotopic (exact) mass is 279 g/mol. The number of carboxylic acids is 1. The van der Waals surface area contributed by atoms with Crippen LogP contribution in [0.4, 0.5) is 0 Å². The Hall–Kier alpha value is -2.62. The third-order valence-electron chi connectivity index (χ3n) is 3.65. The summed E-state index contributed by atoms with van der Waals surface area (Å²) in [5.74, 6) is -0.358. The molecular formula is C17H15N2O2-. The van der Waals surface area contributed by atoms with Gasteiger partial charge in [-0.2, -0.15) is 0 Å². The molecule has 0 radical (unpaired) electrons. The van der Waals surface area contributed by atoms with E-state index >= 15 is 0 Å². The number of aromatic carboxylic acids is 1. The average molecular weight is 279 g/mol. The number of hydrogen-bond donors (Lipinski definition) is 0. The van der Waals surface area contributed by atoms with Crippen LogP contribution in [0, 0.1) is 20.8 Å². The predicted molar refractivity (Wildman–Crippen MR) is 79.6 cm³/mol. The Balaban J connectivity index is 2.27. The number of aryl methyl sites for hydroxylation is 3. The zero-order valence-electron chi connectivity index (χ0n) is 12.2. The molecule has 0 unspecified atom stereocenters. The zero-order valence-corrected chi connectivity index (χ0v) is 12.2. The number of nitrogens with zero attached hydrogens (tertiary/aromatic N) is 2. The number of carbonyl (C=O) groups is 1. The first-order chi connectivity index (χ1) is 9.97. The number of carboxylic acid groups (broad SMARTS) is 1. The number of benzene rings is 2. The van der Waals surface area contributed by atoms with E-state index in [-0.39, 0.29) is 5.56 Å². The molecule has 2 aromatic carbocycles. The summed E-state index contributed by atoms with van der Waals surface area (Å²) in [5, 5.41) is 11.0. The fourth-order valence-corrected chi connectivity index (χ4v) is 2.69. The summed E-state index contributed by atoms with van der Waals surface area (Å²) < 4.78 is 2.04. The molecule has 3 rings (SSSR count). The van der Waals surface area contributed by atoms with Crippen LogP contribution in [-0.2, 0) is 0 Å². The lowest BCUT2D eigenvalue weighted by atomic mass is 10.1. The molecule has 3 aromatic rings. The summed E-state index contributed by atoms with van der Waals surface area (Å²) in [7, 11) is 0. The van der Waals surface area contributed by atoms with Gasteiger partial charge in [0.05, 0.1) is 22.7 Å². The Bertz CT molecular complexity index is 863. The molecule has 0 N–H and O–H groups in total. The number of aromatic nitrogens is 2. The van der Waals surface area contributed by atoms with Gasteiger partial charge in [-0.1, -0.05) is 23.8 Å². The van der Waals surface area contributed by atoms with Crippen LogP contribution in [0.2, 0.25) is 0 Å². The molecular weight excluding hydrogens is 264 g/mol. The normalized spacial score (nSPS) is 11.0.